The normalized spacial score (nSPS) is 29.0. The lowest BCUT2D eigenvalue weighted by molar-refractivity contribution is 0.0362. The maximum Gasteiger partial charge on any atom is 0.122 e. The molecule has 2 heterocycles. The van der Waals surface area contributed by atoms with Gasteiger partial charge < -0.3 is 14.4 Å². The fourth-order valence-corrected chi connectivity index (χ4v) is 2.46. The number of hydrogen-bond donors (Lipinski definition) is 1. The molecular weight excluding hydrogens is 230 g/mol. The van der Waals surface area contributed by atoms with Crippen molar-refractivity contribution in [2.75, 3.05) is 26.8 Å². The van der Waals surface area contributed by atoms with Crippen molar-refractivity contribution < 1.29 is 9.84 Å². The van der Waals surface area contributed by atoms with Gasteiger partial charge in [-0.3, -0.25) is 4.90 Å². The van der Waals surface area contributed by atoms with Crippen molar-refractivity contribution in [2.24, 2.45) is 5.92 Å². The van der Waals surface area contributed by atoms with E-state index in [0.717, 1.165) is 25.5 Å². The zero-order chi connectivity index (χ0) is 13.2. The molecule has 1 N–H and O–H groups in total. The Morgan fingerprint density at radius 3 is 3.00 bits per heavy atom. The van der Waals surface area contributed by atoms with Gasteiger partial charge in [-0.2, -0.15) is 0 Å². The lowest BCUT2D eigenvalue weighted by atomic mass is 9.95. The summed E-state index contributed by atoms with van der Waals surface area (Å²) < 4.78 is 7.20. The van der Waals surface area contributed by atoms with Crippen LogP contribution in [-0.2, 0) is 17.8 Å². The highest BCUT2D eigenvalue weighted by Crippen LogP contribution is 2.27. The standard InChI is InChI=1S/C13H23N3O2/c1-11-8-15(10-13(11,2)17)9-12-14-4-5-16(12)6-7-18-3/h4-5,11,17H,6-10H2,1-3H3/t11-,13+/m0/s1. The highest BCUT2D eigenvalue weighted by molar-refractivity contribution is 4.97. The Kier molecular flexibility index (Phi) is 4.04. The van der Waals surface area contributed by atoms with Crippen molar-refractivity contribution in [1.29, 1.82) is 0 Å². The van der Waals surface area contributed by atoms with Crippen LogP contribution in [0.25, 0.3) is 0 Å². The van der Waals surface area contributed by atoms with Gasteiger partial charge in [-0.1, -0.05) is 6.92 Å². The first-order valence-electron chi connectivity index (χ1n) is 6.46. The van der Waals surface area contributed by atoms with Crippen LogP contribution in [-0.4, -0.2) is 52.0 Å². The molecule has 1 saturated heterocycles. The SMILES string of the molecule is COCCn1ccnc1CN1C[C@H](C)[C@](C)(O)C1. The van der Waals surface area contributed by atoms with Crippen molar-refractivity contribution in [3.05, 3.63) is 18.2 Å². The lowest BCUT2D eigenvalue weighted by Crippen LogP contribution is -2.33. The van der Waals surface area contributed by atoms with Crippen LogP contribution >= 0.6 is 0 Å². The predicted molar refractivity (Wildman–Crippen MR) is 69.2 cm³/mol. The molecule has 0 aliphatic carbocycles. The predicted octanol–water partition coefficient (Wildman–Crippen LogP) is 0.732. The topological polar surface area (TPSA) is 50.5 Å². The highest BCUT2D eigenvalue weighted by atomic mass is 16.5. The summed E-state index contributed by atoms with van der Waals surface area (Å²) in [5, 5.41) is 10.2. The molecule has 1 aromatic rings. The van der Waals surface area contributed by atoms with E-state index in [1.807, 2.05) is 19.3 Å². The molecule has 0 bridgehead atoms. The van der Waals surface area contributed by atoms with Crippen LogP contribution in [0.5, 0.6) is 0 Å². The number of nitrogens with zero attached hydrogens (tertiary/aromatic N) is 3. The molecule has 0 amide bonds. The minimum atomic E-state index is -0.579. The summed E-state index contributed by atoms with van der Waals surface area (Å²) >= 11 is 0. The molecule has 0 spiro atoms. The van der Waals surface area contributed by atoms with E-state index < -0.39 is 5.60 Å². The summed E-state index contributed by atoms with van der Waals surface area (Å²) in [5.74, 6) is 1.34. The molecule has 102 valence electrons. The van der Waals surface area contributed by atoms with Gasteiger partial charge in [-0.15, -0.1) is 0 Å². The van der Waals surface area contributed by atoms with Gasteiger partial charge in [0.2, 0.25) is 0 Å². The van der Waals surface area contributed by atoms with Gasteiger partial charge >= 0.3 is 0 Å². The molecular formula is C13H23N3O2. The summed E-state index contributed by atoms with van der Waals surface area (Å²) in [7, 11) is 1.70. The average Bonchev–Trinajstić information content (AvgIpc) is 2.82. The van der Waals surface area contributed by atoms with Crippen LogP contribution in [0, 0.1) is 5.92 Å². The van der Waals surface area contributed by atoms with Crippen molar-refractivity contribution in [3.8, 4) is 0 Å². The second kappa shape index (κ2) is 5.38. The number of β-amino-alcohol motifs (C(OH)–C–C–N with tert-alkyl or cyclic N) is 1. The van der Waals surface area contributed by atoms with Gasteiger partial charge in [0.05, 0.1) is 18.8 Å². The van der Waals surface area contributed by atoms with E-state index in [4.69, 9.17) is 4.74 Å². The first-order valence-corrected chi connectivity index (χ1v) is 6.46. The number of likely N-dealkylation sites (tertiary alicyclic amines) is 1. The van der Waals surface area contributed by atoms with Gasteiger partial charge in [0, 0.05) is 39.1 Å². The number of imidazole rings is 1. The Morgan fingerprint density at radius 1 is 1.61 bits per heavy atom. The molecule has 0 saturated carbocycles. The zero-order valence-electron chi connectivity index (χ0n) is 11.5. The molecule has 1 aliphatic heterocycles. The summed E-state index contributed by atoms with van der Waals surface area (Å²) in [4.78, 5) is 6.65. The number of hydrogen-bond acceptors (Lipinski definition) is 4. The fourth-order valence-electron chi connectivity index (χ4n) is 2.46. The minimum Gasteiger partial charge on any atom is -0.389 e. The highest BCUT2D eigenvalue weighted by Gasteiger charge is 2.38. The summed E-state index contributed by atoms with van der Waals surface area (Å²) in [5.41, 5.74) is -0.579. The van der Waals surface area contributed by atoms with E-state index >= 15 is 0 Å². The second-order valence-corrected chi connectivity index (χ2v) is 5.46. The number of ether oxygens (including phenoxy) is 1. The summed E-state index contributed by atoms with van der Waals surface area (Å²) in [6, 6.07) is 0. The summed E-state index contributed by atoms with van der Waals surface area (Å²) in [6.45, 7) is 7.95. The first kappa shape index (κ1) is 13.5. The van der Waals surface area contributed by atoms with E-state index in [1.54, 1.807) is 7.11 Å². The van der Waals surface area contributed by atoms with E-state index in [1.165, 1.54) is 0 Å². The van der Waals surface area contributed by atoms with Crippen molar-refractivity contribution in [1.82, 2.24) is 14.5 Å². The Morgan fingerprint density at radius 2 is 2.39 bits per heavy atom. The fraction of sp³-hybridized carbons (Fsp3) is 0.769. The van der Waals surface area contributed by atoms with E-state index in [0.29, 0.717) is 19.1 Å². The molecule has 2 atom stereocenters. The Bertz CT molecular complexity index is 389. The molecule has 0 radical (unpaired) electrons. The first-order chi connectivity index (χ1) is 8.53. The second-order valence-electron chi connectivity index (χ2n) is 5.46. The maximum absolute atomic E-state index is 10.2. The van der Waals surface area contributed by atoms with Crippen LogP contribution in [0.4, 0.5) is 0 Å². The quantitative estimate of drug-likeness (QED) is 0.840. The Labute approximate surface area is 108 Å². The molecule has 18 heavy (non-hydrogen) atoms. The van der Waals surface area contributed by atoms with Gasteiger partial charge in [0.25, 0.3) is 0 Å². The van der Waals surface area contributed by atoms with Crippen LogP contribution in [0.1, 0.15) is 19.7 Å². The lowest BCUT2D eigenvalue weighted by Gasteiger charge is -2.21. The molecule has 0 aromatic carbocycles. The molecule has 5 heteroatoms. The molecule has 5 nitrogen and oxygen atoms in total. The number of aliphatic hydroxyl groups is 1. The molecule has 1 aliphatic rings. The number of rotatable bonds is 5. The number of aromatic nitrogens is 2. The number of methoxy groups -OCH3 is 1. The molecule has 2 rings (SSSR count). The third kappa shape index (κ3) is 2.91. The van der Waals surface area contributed by atoms with Crippen molar-refractivity contribution in [3.63, 3.8) is 0 Å². The third-order valence-corrected chi connectivity index (χ3v) is 3.84. The van der Waals surface area contributed by atoms with Gasteiger partial charge in [-0.25, -0.2) is 4.98 Å². The van der Waals surface area contributed by atoms with E-state index in [2.05, 4.69) is 21.4 Å². The molecule has 1 fully saturated rings. The van der Waals surface area contributed by atoms with Crippen LogP contribution in [0.2, 0.25) is 0 Å². The van der Waals surface area contributed by atoms with Crippen molar-refractivity contribution >= 4 is 0 Å². The zero-order valence-corrected chi connectivity index (χ0v) is 11.5. The van der Waals surface area contributed by atoms with Crippen LogP contribution in [0.3, 0.4) is 0 Å². The Hall–Kier alpha value is -0.910. The average molecular weight is 253 g/mol. The summed E-state index contributed by atoms with van der Waals surface area (Å²) in [6.07, 6.45) is 3.80. The Balaban J connectivity index is 1.96. The third-order valence-electron chi connectivity index (χ3n) is 3.84. The van der Waals surface area contributed by atoms with E-state index in [-0.39, 0.29) is 0 Å². The molecule has 1 aromatic heterocycles. The smallest absolute Gasteiger partial charge is 0.122 e. The van der Waals surface area contributed by atoms with Gasteiger partial charge in [0.15, 0.2) is 0 Å². The maximum atomic E-state index is 10.2. The van der Waals surface area contributed by atoms with Crippen molar-refractivity contribution in [2.45, 2.75) is 32.5 Å². The largest absolute Gasteiger partial charge is 0.389 e. The van der Waals surface area contributed by atoms with Crippen LogP contribution < -0.4 is 0 Å². The van der Waals surface area contributed by atoms with Gasteiger partial charge in [0.1, 0.15) is 5.82 Å². The van der Waals surface area contributed by atoms with Gasteiger partial charge in [-0.05, 0) is 12.8 Å². The van der Waals surface area contributed by atoms with Crippen LogP contribution in [0.15, 0.2) is 12.4 Å². The molecule has 0 unspecified atom stereocenters. The van der Waals surface area contributed by atoms with E-state index in [9.17, 15) is 5.11 Å². The monoisotopic (exact) mass is 253 g/mol. The minimum absolute atomic E-state index is 0.305.